The van der Waals surface area contributed by atoms with Crippen molar-refractivity contribution in [1.82, 2.24) is 10.3 Å². The van der Waals surface area contributed by atoms with E-state index in [2.05, 4.69) is 10.3 Å². The van der Waals surface area contributed by atoms with E-state index in [0.717, 1.165) is 11.3 Å². The molecular weight excluding hydrogens is 271 g/mol. The standard InChI is InChI=1S/C16H17FN2O2/c1-11-3-8-15(9-18-11)21-10-16(20)19-12(2)13-4-6-14(17)7-5-13/h3-9,12H,10H2,1-2H3,(H,19,20)/t12-/m0/s1. The highest BCUT2D eigenvalue weighted by Crippen LogP contribution is 2.13. The number of aryl methyl sites for hydroxylation is 1. The third kappa shape index (κ3) is 4.56. The molecule has 0 spiro atoms. The second-order valence-corrected chi connectivity index (χ2v) is 4.76. The maximum Gasteiger partial charge on any atom is 0.258 e. The topological polar surface area (TPSA) is 51.2 Å². The molecule has 5 heteroatoms. The molecule has 1 heterocycles. The second kappa shape index (κ2) is 6.83. The number of hydrogen-bond donors (Lipinski definition) is 1. The van der Waals surface area contributed by atoms with Crippen LogP contribution in [-0.2, 0) is 4.79 Å². The molecule has 1 atom stereocenters. The van der Waals surface area contributed by atoms with Crippen molar-refractivity contribution in [1.29, 1.82) is 0 Å². The van der Waals surface area contributed by atoms with Crippen LogP contribution in [0.25, 0.3) is 0 Å². The van der Waals surface area contributed by atoms with E-state index in [-0.39, 0.29) is 24.4 Å². The number of amides is 1. The van der Waals surface area contributed by atoms with Crippen molar-refractivity contribution in [2.75, 3.05) is 6.61 Å². The first kappa shape index (κ1) is 15.0. The van der Waals surface area contributed by atoms with Crippen molar-refractivity contribution in [3.8, 4) is 5.75 Å². The first-order valence-corrected chi connectivity index (χ1v) is 6.65. The van der Waals surface area contributed by atoms with Crippen LogP contribution in [0, 0.1) is 12.7 Å². The fourth-order valence-electron chi connectivity index (χ4n) is 1.81. The van der Waals surface area contributed by atoms with Gasteiger partial charge in [0.1, 0.15) is 11.6 Å². The largest absolute Gasteiger partial charge is 0.482 e. The molecule has 0 aliphatic heterocycles. The summed E-state index contributed by atoms with van der Waals surface area (Å²) in [6.45, 7) is 3.62. The number of benzene rings is 1. The van der Waals surface area contributed by atoms with E-state index in [4.69, 9.17) is 4.74 Å². The lowest BCUT2D eigenvalue weighted by Crippen LogP contribution is -2.31. The molecule has 0 bridgehead atoms. The van der Waals surface area contributed by atoms with Gasteiger partial charge in [0.2, 0.25) is 0 Å². The van der Waals surface area contributed by atoms with Crippen molar-refractivity contribution in [2.24, 2.45) is 0 Å². The highest BCUT2D eigenvalue weighted by atomic mass is 19.1. The summed E-state index contributed by atoms with van der Waals surface area (Å²) in [4.78, 5) is 15.9. The Kier molecular flexibility index (Phi) is 4.87. The van der Waals surface area contributed by atoms with Gasteiger partial charge in [-0.25, -0.2) is 4.39 Å². The summed E-state index contributed by atoms with van der Waals surface area (Å²) in [5.41, 5.74) is 1.72. The summed E-state index contributed by atoms with van der Waals surface area (Å²) in [6, 6.07) is 9.39. The van der Waals surface area contributed by atoms with E-state index in [1.807, 2.05) is 19.9 Å². The lowest BCUT2D eigenvalue weighted by atomic mass is 10.1. The number of halogens is 1. The van der Waals surface area contributed by atoms with Gasteiger partial charge in [-0.3, -0.25) is 9.78 Å². The van der Waals surface area contributed by atoms with Gasteiger partial charge >= 0.3 is 0 Å². The van der Waals surface area contributed by atoms with E-state index in [1.165, 1.54) is 12.1 Å². The Morgan fingerprint density at radius 2 is 2.00 bits per heavy atom. The van der Waals surface area contributed by atoms with Gasteiger partial charge in [0, 0.05) is 5.69 Å². The first-order valence-electron chi connectivity index (χ1n) is 6.65. The van der Waals surface area contributed by atoms with Crippen LogP contribution in [0.5, 0.6) is 5.75 Å². The number of carbonyl (C=O) groups is 1. The lowest BCUT2D eigenvalue weighted by molar-refractivity contribution is -0.123. The maximum absolute atomic E-state index is 12.8. The van der Waals surface area contributed by atoms with Crippen LogP contribution in [0.3, 0.4) is 0 Å². The lowest BCUT2D eigenvalue weighted by Gasteiger charge is -2.14. The number of carbonyl (C=O) groups excluding carboxylic acids is 1. The zero-order valence-corrected chi connectivity index (χ0v) is 12.0. The van der Waals surface area contributed by atoms with Crippen LogP contribution in [0.1, 0.15) is 24.2 Å². The zero-order valence-electron chi connectivity index (χ0n) is 12.0. The first-order chi connectivity index (χ1) is 10.0. The number of hydrogen-bond acceptors (Lipinski definition) is 3. The molecule has 0 saturated carbocycles. The van der Waals surface area contributed by atoms with E-state index in [9.17, 15) is 9.18 Å². The van der Waals surface area contributed by atoms with Crippen molar-refractivity contribution in [3.63, 3.8) is 0 Å². The Morgan fingerprint density at radius 1 is 1.29 bits per heavy atom. The Hall–Kier alpha value is -2.43. The number of nitrogens with zero attached hydrogens (tertiary/aromatic N) is 1. The molecule has 1 aromatic heterocycles. The molecule has 2 aromatic rings. The number of pyridine rings is 1. The highest BCUT2D eigenvalue weighted by Gasteiger charge is 2.10. The molecule has 0 unspecified atom stereocenters. The SMILES string of the molecule is Cc1ccc(OCC(=O)N[C@@H](C)c2ccc(F)cc2)cn1. The van der Waals surface area contributed by atoms with Crippen LogP contribution in [0.15, 0.2) is 42.6 Å². The smallest absolute Gasteiger partial charge is 0.258 e. The number of aromatic nitrogens is 1. The van der Waals surface area contributed by atoms with Gasteiger partial charge in [-0.2, -0.15) is 0 Å². The Bertz CT molecular complexity index is 597. The maximum atomic E-state index is 12.8. The molecule has 21 heavy (non-hydrogen) atoms. The quantitative estimate of drug-likeness (QED) is 0.920. The Labute approximate surface area is 123 Å². The third-order valence-corrected chi connectivity index (χ3v) is 3.00. The molecular formula is C16H17FN2O2. The molecule has 0 radical (unpaired) electrons. The molecule has 0 saturated heterocycles. The fourth-order valence-corrected chi connectivity index (χ4v) is 1.81. The summed E-state index contributed by atoms with van der Waals surface area (Å²) >= 11 is 0. The van der Waals surface area contributed by atoms with E-state index < -0.39 is 0 Å². The van der Waals surface area contributed by atoms with Crippen LogP contribution in [-0.4, -0.2) is 17.5 Å². The van der Waals surface area contributed by atoms with Crippen molar-refractivity contribution in [3.05, 3.63) is 59.7 Å². The predicted molar refractivity (Wildman–Crippen MR) is 77.4 cm³/mol. The van der Waals surface area contributed by atoms with Gasteiger partial charge < -0.3 is 10.1 Å². The minimum absolute atomic E-state index is 0.0870. The molecule has 1 amide bonds. The zero-order chi connectivity index (χ0) is 15.2. The molecule has 0 aliphatic rings. The van der Waals surface area contributed by atoms with E-state index >= 15 is 0 Å². The van der Waals surface area contributed by atoms with Crippen LogP contribution in [0.2, 0.25) is 0 Å². The highest BCUT2D eigenvalue weighted by molar-refractivity contribution is 5.78. The van der Waals surface area contributed by atoms with Crippen molar-refractivity contribution < 1.29 is 13.9 Å². The van der Waals surface area contributed by atoms with Gasteiger partial charge in [0.05, 0.1) is 12.2 Å². The minimum atomic E-state index is -0.299. The van der Waals surface area contributed by atoms with Crippen LogP contribution >= 0.6 is 0 Å². The molecule has 4 nitrogen and oxygen atoms in total. The summed E-state index contributed by atoms with van der Waals surface area (Å²) < 4.78 is 18.2. The van der Waals surface area contributed by atoms with E-state index in [0.29, 0.717) is 5.75 Å². The van der Waals surface area contributed by atoms with Gasteiger partial charge in [-0.15, -0.1) is 0 Å². The average Bonchev–Trinajstić information content (AvgIpc) is 2.47. The van der Waals surface area contributed by atoms with Gasteiger partial charge in [0.15, 0.2) is 6.61 Å². The summed E-state index contributed by atoms with van der Waals surface area (Å²) in [6.07, 6.45) is 1.58. The monoisotopic (exact) mass is 288 g/mol. The van der Waals surface area contributed by atoms with Gasteiger partial charge in [-0.05, 0) is 43.7 Å². The molecule has 1 N–H and O–H groups in total. The van der Waals surface area contributed by atoms with Crippen LogP contribution in [0.4, 0.5) is 4.39 Å². The average molecular weight is 288 g/mol. The summed E-state index contributed by atoms with van der Waals surface area (Å²) in [7, 11) is 0. The second-order valence-electron chi connectivity index (χ2n) is 4.76. The number of ether oxygens (including phenoxy) is 1. The van der Waals surface area contributed by atoms with E-state index in [1.54, 1.807) is 24.4 Å². The number of nitrogens with one attached hydrogen (secondary N) is 1. The molecule has 0 aliphatic carbocycles. The van der Waals surface area contributed by atoms with Crippen LogP contribution < -0.4 is 10.1 Å². The Balaban J connectivity index is 1.83. The van der Waals surface area contributed by atoms with Crippen molar-refractivity contribution in [2.45, 2.75) is 19.9 Å². The molecule has 2 rings (SSSR count). The third-order valence-electron chi connectivity index (χ3n) is 3.00. The summed E-state index contributed by atoms with van der Waals surface area (Å²) in [5.74, 6) is 0.00469. The van der Waals surface area contributed by atoms with Gasteiger partial charge in [0.25, 0.3) is 5.91 Å². The minimum Gasteiger partial charge on any atom is -0.482 e. The normalized spacial score (nSPS) is 11.8. The molecule has 1 aromatic carbocycles. The molecule has 0 fully saturated rings. The van der Waals surface area contributed by atoms with Crippen molar-refractivity contribution >= 4 is 5.91 Å². The number of rotatable bonds is 5. The van der Waals surface area contributed by atoms with Gasteiger partial charge in [-0.1, -0.05) is 12.1 Å². The fraction of sp³-hybridized carbons (Fsp3) is 0.250. The predicted octanol–water partition coefficient (Wildman–Crippen LogP) is 2.79. The Morgan fingerprint density at radius 3 is 2.62 bits per heavy atom. The molecule has 110 valence electrons. The summed E-state index contributed by atoms with van der Waals surface area (Å²) in [5, 5.41) is 2.79.